The first-order valence-electron chi connectivity index (χ1n) is 7.35. The van der Waals surface area contributed by atoms with Gasteiger partial charge in [-0.05, 0) is 23.1 Å². The van der Waals surface area contributed by atoms with E-state index in [1.807, 2.05) is 54.6 Å². The third-order valence-electron chi connectivity index (χ3n) is 4.23. The Morgan fingerprint density at radius 1 is 0.955 bits per heavy atom. The van der Waals surface area contributed by atoms with Crippen LogP contribution < -0.4 is 5.32 Å². The molecular formula is C18H18N2O2. The van der Waals surface area contributed by atoms with Crippen molar-refractivity contribution in [2.24, 2.45) is 0 Å². The molecule has 4 nitrogen and oxygen atoms in total. The highest BCUT2D eigenvalue weighted by Gasteiger charge is 2.52. The van der Waals surface area contributed by atoms with E-state index < -0.39 is 5.54 Å². The molecule has 0 spiro atoms. The van der Waals surface area contributed by atoms with Gasteiger partial charge < -0.3 is 5.32 Å². The molecule has 0 bridgehead atoms. The number of imide groups is 1. The van der Waals surface area contributed by atoms with Crippen LogP contribution in [0.25, 0.3) is 0 Å². The third-order valence-corrected chi connectivity index (χ3v) is 4.23. The minimum atomic E-state index is -1.14. The Balaban J connectivity index is 2.20. The van der Waals surface area contributed by atoms with Crippen LogP contribution in [0.2, 0.25) is 0 Å². The minimum Gasteiger partial charge on any atom is -0.316 e. The number of amides is 3. The van der Waals surface area contributed by atoms with Gasteiger partial charge in [0, 0.05) is 7.05 Å². The first kappa shape index (κ1) is 14.3. The molecule has 1 atom stereocenters. The maximum absolute atomic E-state index is 12.8. The van der Waals surface area contributed by atoms with Gasteiger partial charge in [-0.1, -0.05) is 61.5 Å². The van der Waals surface area contributed by atoms with E-state index in [2.05, 4.69) is 12.2 Å². The first-order chi connectivity index (χ1) is 10.6. The molecule has 2 aromatic rings. The van der Waals surface area contributed by atoms with E-state index in [-0.39, 0.29) is 11.9 Å². The molecule has 2 aromatic carbocycles. The normalized spacial score (nSPS) is 21.1. The zero-order valence-corrected chi connectivity index (χ0v) is 12.7. The van der Waals surface area contributed by atoms with E-state index in [0.717, 1.165) is 22.4 Å². The predicted molar refractivity (Wildman–Crippen MR) is 84.3 cm³/mol. The van der Waals surface area contributed by atoms with E-state index in [0.29, 0.717) is 0 Å². The number of carbonyl (C=O) groups excluding carboxylic acids is 2. The molecule has 1 aliphatic rings. The van der Waals surface area contributed by atoms with Crippen LogP contribution in [0.5, 0.6) is 0 Å². The summed E-state index contributed by atoms with van der Waals surface area (Å²) in [5.41, 5.74) is 1.59. The molecule has 0 aromatic heterocycles. The lowest BCUT2D eigenvalue weighted by molar-refractivity contribution is -0.129. The maximum atomic E-state index is 12.8. The van der Waals surface area contributed by atoms with Crippen molar-refractivity contribution in [1.29, 1.82) is 0 Å². The number of aryl methyl sites for hydroxylation is 1. The van der Waals surface area contributed by atoms with Crippen LogP contribution in [0.3, 0.4) is 0 Å². The fraction of sp³-hybridized carbons (Fsp3) is 0.222. The Morgan fingerprint density at radius 3 is 2.05 bits per heavy atom. The topological polar surface area (TPSA) is 49.4 Å². The highest BCUT2D eigenvalue weighted by molar-refractivity contribution is 6.09. The quantitative estimate of drug-likeness (QED) is 0.885. The summed E-state index contributed by atoms with van der Waals surface area (Å²) in [4.78, 5) is 26.0. The molecule has 1 saturated heterocycles. The van der Waals surface area contributed by atoms with Gasteiger partial charge in [0.2, 0.25) is 0 Å². The summed E-state index contributed by atoms with van der Waals surface area (Å²) in [6.07, 6.45) is 0.929. The number of likely N-dealkylation sites (N-methyl/N-ethyl adjacent to an activating group) is 1. The van der Waals surface area contributed by atoms with Crippen LogP contribution in [-0.4, -0.2) is 23.9 Å². The van der Waals surface area contributed by atoms with Gasteiger partial charge in [0.25, 0.3) is 5.91 Å². The lowest BCUT2D eigenvalue weighted by Crippen LogP contribution is -2.44. The molecule has 1 heterocycles. The van der Waals surface area contributed by atoms with Crippen molar-refractivity contribution in [3.63, 3.8) is 0 Å². The van der Waals surface area contributed by atoms with Crippen LogP contribution in [-0.2, 0) is 16.8 Å². The molecule has 4 heteroatoms. The first-order valence-corrected chi connectivity index (χ1v) is 7.35. The largest absolute Gasteiger partial charge is 0.325 e. The van der Waals surface area contributed by atoms with Crippen molar-refractivity contribution in [2.45, 2.75) is 18.9 Å². The average molecular weight is 294 g/mol. The molecule has 1 N–H and O–H groups in total. The number of nitrogens with zero attached hydrogens (tertiary/aromatic N) is 1. The van der Waals surface area contributed by atoms with E-state index in [4.69, 9.17) is 0 Å². The molecule has 0 radical (unpaired) electrons. The molecule has 3 rings (SSSR count). The molecule has 0 aliphatic carbocycles. The number of benzene rings is 2. The van der Waals surface area contributed by atoms with E-state index in [1.165, 1.54) is 12.6 Å². The number of carbonyl (C=O) groups is 2. The van der Waals surface area contributed by atoms with Gasteiger partial charge in [0.1, 0.15) is 0 Å². The lowest BCUT2D eigenvalue weighted by Gasteiger charge is -2.27. The van der Waals surface area contributed by atoms with Crippen LogP contribution >= 0.6 is 0 Å². The zero-order valence-electron chi connectivity index (χ0n) is 12.7. The minimum absolute atomic E-state index is 0.257. The Bertz CT molecular complexity index is 710. The summed E-state index contributed by atoms with van der Waals surface area (Å²) in [5, 5.41) is 2.87. The number of hydrogen-bond donors (Lipinski definition) is 1. The number of nitrogens with one attached hydrogen (secondary N) is 1. The third kappa shape index (κ3) is 1.99. The Labute approximate surface area is 129 Å². The number of rotatable bonds is 3. The van der Waals surface area contributed by atoms with E-state index in [9.17, 15) is 9.59 Å². The van der Waals surface area contributed by atoms with Gasteiger partial charge in [0.15, 0.2) is 5.54 Å². The molecule has 1 unspecified atom stereocenters. The van der Waals surface area contributed by atoms with Crippen LogP contribution in [0.1, 0.15) is 23.6 Å². The second kappa shape index (κ2) is 5.30. The molecule has 3 amide bonds. The van der Waals surface area contributed by atoms with Gasteiger partial charge >= 0.3 is 6.03 Å². The van der Waals surface area contributed by atoms with Crippen molar-refractivity contribution in [2.75, 3.05) is 7.05 Å². The van der Waals surface area contributed by atoms with Gasteiger partial charge in [0.05, 0.1) is 0 Å². The van der Waals surface area contributed by atoms with Gasteiger partial charge in [-0.3, -0.25) is 9.69 Å². The summed E-state index contributed by atoms with van der Waals surface area (Å²) < 4.78 is 0. The smallest absolute Gasteiger partial charge is 0.316 e. The van der Waals surface area contributed by atoms with Gasteiger partial charge in [-0.2, -0.15) is 0 Å². The lowest BCUT2D eigenvalue weighted by atomic mass is 9.82. The van der Waals surface area contributed by atoms with Crippen LogP contribution in [0, 0.1) is 0 Å². The Hall–Kier alpha value is -2.62. The van der Waals surface area contributed by atoms with E-state index >= 15 is 0 Å². The summed E-state index contributed by atoms with van der Waals surface area (Å²) in [7, 11) is 1.50. The van der Waals surface area contributed by atoms with E-state index in [1.54, 1.807) is 0 Å². The Kier molecular flexibility index (Phi) is 3.45. The van der Waals surface area contributed by atoms with Crippen molar-refractivity contribution >= 4 is 11.9 Å². The molecular weight excluding hydrogens is 276 g/mol. The van der Waals surface area contributed by atoms with Crippen LogP contribution in [0.15, 0.2) is 54.6 Å². The van der Waals surface area contributed by atoms with Crippen molar-refractivity contribution in [3.8, 4) is 0 Å². The van der Waals surface area contributed by atoms with Gasteiger partial charge in [-0.25, -0.2) is 4.79 Å². The van der Waals surface area contributed by atoms with Crippen molar-refractivity contribution < 1.29 is 9.59 Å². The zero-order chi connectivity index (χ0) is 15.7. The number of urea groups is 1. The molecule has 22 heavy (non-hydrogen) atoms. The second-order valence-electron chi connectivity index (χ2n) is 5.46. The highest BCUT2D eigenvalue weighted by atomic mass is 16.2. The van der Waals surface area contributed by atoms with Crippen LogP contribution in [0.4, 0.5) is 4.79 Å². The van der Waals surface area contributed by atoms with Crippen molar-refractivity contribution in [1.82, 2.24) is 10.2 Å². The molecule has 1 aliphatic heterocycles. The number of hydrogen-bond acceptors (Lipinski definition) is 2. The second-order valence-corrected chi connectivity index (χ2v) is 5.46. The predicted octanol–water partition coefficient (Wildman–Crippen LogP) is 2.67. The molecule has 1 fully saturated rings. The fourth-order valence-electron chi connectivity index (χ4n) is 2.88. The molecule has 112 valence electrons. The molecule has 0 saturated carbocycles. The SMILES string of the molecule is CCc1ccc(C2(c3ccccc3)NC(=O)N(C)C2=O)cc1. The standard InChI is InChI=1S/C18H18N2O2/c1-3-13-9-11-15(12-10-13)18(14-7-5-4-6-8-14)16(21)20(2)17(22)19-18/h4-12H,3H2,1-2H3,(H,19,22). The maximum Gasteiger partial charge on any atom is 0.325 e. The summed E-state index contributed by atoms with van der Waals surface area (Å²) in [6, 6.07) is 16.8. The highest BCUT2D eigenvalue weighted by Crippen LogP contribution is 2.35. The summed E-state index contributed by atoms with van der Waals surface area (Å²) in [5.74, 6) is -0.257. The monoisotopic (exact) mass is 294 g/mol. The summed E-state index contributed by atoms with van der Waals surface area (Å²) >= 11 is 0. The fourth-order valence-corrected chi connectivity index (χ4v) is 2.88. The summed E-state index contributed by atoms with van der Waals surface area (Å²) in [6.45, 7) is 2.08. The average Bonchev–Trinajstić information content (AvgIpc) is 2.81. The Morgan fingerprint density at radius 2 is 1.55 bits per heavy atom. The van der Waals surface area contributed by atoms with Gasteiger partial charge in [-0.15, -0.1) is 0 Å². The van der Waals surface area contributed by atoms with Crippen molar-refractivity contribution in [3.05, 3.63) is 71.3 Å².